The molecule has 1 unspecified atom stereocenters. The SMILES string of the molecule is CNC(=O)[C@@H]1CCN(Cc2sc(NC(C)=O)nc2CCc2ccc(NC(OC(N)=O)(OC(=O)NC(C)(C)C)C(C)(C)C)cc2)C1. The van der Waals surface area contributed by atoms with Crippen molar-refractivity contribution >= 4 is 46.2 Å². The number of aromatic nitrogens is 1. The van der Waals surface area contributed by atoms with E-state index in [0.717, 1.165) is 29.1 Å². The molecule has 6 N–H and O–H groups in total. The van der Waals surface area contributed by atoms with Crippen LogP contribution < -0.4 is 27.0 Å². The molecule has 45 heavy (non-hydrogen) atoms. The molecule has 0 bridgehead atoms. The molecule has 2 heterocycles. The first kappa shape index (κ1) is 35.6. The Balaban J connectivity index is 1.76. The van der Waals surface area contributed by atoms with Crippen LogP contribution in [0.1, 0.15) is 71.0 Å². The van der Waals surface area contributed by atoms with Crippen molar-refractivity contribution in [2.45, 2.75) is 85.7 Å². The molecule has 0 aliphatic carbocycles. The van der Waals surface area contributed by atoms with Crippen LogP contribution in [-0.4, -0.2) is 65.5 Å². The maximum Gasteiger partial charge on any atom is 0.412 e. The highest BCUT2D eigenvalue weighted by Crippen LogP contribution is 2.37. The fourth-order valence-corrected chi connectivity index (χ4v) is 5.98. The molecule has 0 spiro atoms. The number of alkyl carbamates (subject to hydrolysis) is 1. The van der Waals surface area contributed by atoms with Gasteiger partial charge in [-0.3, -0.25) is 14.5 Å². The van der Waals surface area contributed by atoms with E-state index >= 15 is 0 Å². The summed E-state index contributed by atoms with van der Waals surface area (Å²) in [6.07, 6.45) is 0.230. The quantitative estimate of drug-likeness (QED) is 0.224. The third-order valence-electron chi connectivity index (χ3n) is 7.18. The molecule has 1 aromatic carbocycles. The summed E-state index contributed by atoms with van der Waals surface area (Å²) in [5.41, 5.74) is 6.36. The lowest BCUT2D eigenvalue weighted by atomic mass is 9.90. The summed E-state index contributed by atoms with van der Waals surface area (Å²) in [6, 6.07) is 7.45. The summed E-state index contributed by atoms with van der Waals surface area (Å²) < 4.78 is 11.1. The molecule has 1 saturated heterocycles. The van der Waals surface area contributed by atoms with Gasteiger partial charge in [0.05, 0.1) is 17.0 Å². The van der Waals surface area contributed by atoms with Gasteiger partial charge in [-0.1, -0.05) is 32.9 Å². The van der Waals surface area contributed by atoms with Crippen molar-refractivity contribution in [3.63, 3.8) is 0 Å². The number of primary amides is 1. The topological polar surface area (TPSA) is 177 Å². The van der Waals surface area contributed by atoms with Crippen LogP contribution in [0.2, 0.25) is 0 Å². The van der Waals surface area contributed by atoms with Gasteiger partial charge < -0.3 is 36.5 Å². The maximum absolute atomic E-state index is 12.8. The number of anilines is 2. The highest BCUT2D eigenvalue weighted by Gasteiger charge is 2.50. The molecular formula is C31H47N7O6S. The Bertz CT molecular complexity index is 1370. The minimum absolute atomic E-state index is 0.0306. The molecule has 13 nitrogen and oxygen atoms in total. The van der Waals surface area contributed by atoms with Crippen LogP contribution in [-0.2, 0) is 38.4 Å². The molecule has 4 amide bonds. The number of carbonyl (C=O) groups is 4. The van der Waals surface area contributed by atoms with Crippen molar-refractivity contribution in [3.05, 3.63) is 40.4 Å². The zero-order valence-corrected chi connectivity index (χ0v) is 28.3. The van der Waals surface area contributed by atoms with Crippen molar-refractivity contribution < 1.29 is 28.7 Å². The second-order valence-corrected chi connectivity index (χ2v) is 14.4. The number of nitrogens with one attached hydrogen (secondary N) is 4. The summed E-state index contributed by atoms with van der Waals surface area (Å²) in [7, 11) is 1.66. The number of nitrogens with zero attached hydrogens (tertiary/aromatic N) is 2. The molecule has 1 aliphatic heterocycles. The van der Waals surface area contributed by atoms with Gasteiger partial charge in [0, 0.05) is 43.2 Å². The third kappa shape index (κ3) is 10.3. The first-order chi connectivity index (χ1) is 20.9. The molecule has 248 valence electrons. The average Bonchev–Trinajstić information content (AvgIpc) is 3.52. The Morgan fingerprint density at radius 2 is 1.71 bits per heavy atom. The zero-order chi connectivity index (χ0) is 33.6. The monoisotopic (exact) mass is 645 g/mol. The van der Waals surface area contributed by atoms with E-state index in [1.807, 2.05) is 12.1 Å². The Kier molecular flexibility index (Phi) is 11.4. The number of aryl methyl sites for hydroxylation is 2. The summed E-state index contributed by atoms with van der Waals surface area (Å²) >= 11 is 1.46. The van der Waals surface area contributed by atoms with Crippen LogP contribution in [0.5, 0.6) is 0 Å². The number of rotatable bonds is 11. The van der Waals surface area contributed by atoms with Crippen LogP contribution >= 0.6 is 11.3 Å². The van der Waals surface area contributed by atoms with Crippen molar-refractivity contribution in [1.29, 1.82) is 0 Å². The van der Waals surface area contributed by atoms with Gasteiger partial charge in [-0.2, -0.15) is 0 Å². The predicted octanol–water partition coefficient (Wildman–Crippen LogP) is 4.19. The summed E-state index contributed by atoms with van der Waals surface area (Å²) in [4.78, 5) is 56.5. The number of carbonyl (C=O) groups excluding carboxylic acids is 4. The summed E-state index contributed by atoms with van der Waals surface area (Å²) in [5.74, 6) is -2.06. The number of thiazole rings is 1. The number of ether oxygens (including phenoxy) is 2. The standard InChI is InChI=1S/C31H47N7O6S/c1-19(39)34-27-35-23(24(45-27)18-38-16-15-21(17-38)25(40)33-8)14-11-20-9-12-22(13-10-20)36-31(29(2,3)4,43-26(32)41)44-28(42)37-30(5,6)7/h9-10,12-13,21,36H,11,14-18H2,1-8H3,(H2,32,41)(H,33,40)(H,37,42)(H,34,35,39)/t21-,31?/m1/s1. The van der Waals surface area contributed by atoms with E-state index in [2.05, 4.69) is 26.2 Å². The lowest BCUT2D eigenvalue weighted by Gasteiger charge is -2.42. The van der Waals surface area contributed by atoms with E-state index in [1.165, 1.54) is 18.3 Å². The highest BCUT2D eigenvalue weighted by molar-refractivity contribution is 7.15. The molecule has 2 atom stereocenters. The zero-order valence-electron chi connectivity index (χ0n) is 27.5. The van der Waals surface area contributed by atoms with Crippen molar-refractivity contribution in [3.8, 4) is 0 Å². The Labute approximate surface area is 269 Å². The van der Waals surface area contributed by atoms with Crippen LogP contribution in [0.4, 0.5) is 20.4 Å². The lowest BCUT2D eigenvalue weighted by Crippen LogP contribution is -2.59. The van der Waals surface area contributed by atoms with Gasteiger partial charge >= 0.3 is 18.1 Å². The third-order valence-corrected chi connectivity index (χ3v) is 8.17. The molecule has 14 heteroatoms. The van der Waals surface area contributed by atoms with Gasteiger partial charge in [0.25, 0.3) is 0 Å². The fraction of sp³-hybridized carbons (Fsp3) is 0.581. The van der Waals surface area contributed by atoms with E-state index in [4.69, 9.17) is 20.2 Å². The number of nitrogens with two attached hydrogens (primary N) is 1. The molecule has 0 radical (unpaired) electrons. The second-order valence-electron chi connectivity index (χ2n) is 13.3. The number of benzene rings is 1. The van der Waals surface area contributed by atoms with E-state index in [0.29, 0.717) is 36.8 Å². The molecule has 0 saturated carbocycles. The summed E-state index contributed by atoms with van der Waals surface area (Å²) in [6.45, 7) is 14.3. The molecule has 1 aliphatic rings. The first-order valence-electron chi connectivity index (χ1n) is 15.0. The van der Waals surface area contributed by atoms with Gasteiger partial charge in [0.1, 0.15) is 0 Å². The van der Waals surface area contributed by atoms with Crippen LogP contribution in [0.3, 0.4) is 0 Å². The molecule has 1 aromatic heterocycles. The molecular weight excluding hydrogens is 598 g/mol. The van der Waals surface area contributed by atoms with Crippen LogP contribution in [0, 0.1) is 11.3 Å². The van der Waals surface area contributed by atoms with Crippen molar-refractivity contribution in [2.24, 2.45) is 17.1 Å². The van der Waals surface area contributed by atoms with E-state index in [9.17, 15) is 19.2 Å². The van der Waals surface area contributed by atoms with Gasteiger partial charge in [-0.15, -0.1) is 11.3 Å². The van der Waals surface area contributed by atoms with Crippen LogP contribution in [0.15, 0.2) is 24.3 Å². The molecule has 3 rings (SSSR count). The lowest BCUT2D eigenvalue weighted by molar-refractivity contribution is -0.202. The Morgan fingerprint density at radius 3 is 2.27 bits per heavy atom. The van der Waals surface area contributed by atoms with Crippen molar-refractivity contribution in [1.82, 2.24) is 20.5 Å². The van der Waals surface area contributed by atoms with E-state index in [1.54, 1.807) is 60.7 Å². The van der Waals surface area contributed by atoms with Gasteiger partial charge in [0.15, 0.2) is 5.13 Å². The van der Waals surface area contributed by atoms with Crippen LogP contribution in [0.25, 0.3) is 0 Å². The maximum atomic E-state index is 12.8. The normalized spacial score (nSPS) is 16.8. The minimum atomic E-state index is -1.91. The average molecular weight is 646 g/mol. The van der Waals surface area contributed by atoms with Gasteiger partial charge in [0.2, 0.25) is 11.8 Å². The van der Waals surface area contributed by atoms with Crippen molar-refractivity contribution in [2.75, 3.05) is 30.8 Å². The number of hydrogen-bond donors (Lipinski definition) is 5. The van der Waals surface area contributed by atoms with Gasteiger partial charge in [-0.25, -0.2) is 14.6 Å². The molecule has 2 aromatic rings. The van der Waals surface area contributed by atoms with E-state index < -0.39 is 29.1 Å². The Morgan fingerprint density at radius 1 is 1.04 bits per heavy atom. The highest BCUT2D eigenvalue weighted by atomic mass is 32.1. The van der Waals surface area contributed by atoms with Gasteiger partial charge in [-0.05, 0) is 64.3 Å². The number of amides is 4. The fourth-order valence-electron chi connectivity index (χ4n) is 4.88. The second kappa shape index (κ2) is 14.5. The minimum Gasteiger partial charge on any atom is -0.387 e. The number of hydrogen-bond acceptors (Lipinski definition) is 10. The van der Waals surface area contributed by atoms with E-state index in [-0.39, 0.29) is 17.7 Å². The molecule has 1 fully saturated rings. The Hall–Kier alpha value is -3.91. The largest absolute Gasteiger partial charge is 0.412 e. The number of likely N-dealkylation sites (tertiary alicyclic amines) is 1. The first-order valence-corrected chi connectivity index (χ1v) is 15.8. The predicted molar refractivity (Wildman–Crippen MR) is 174 cm³/mol. The smallest absolute Gasteiger partial charge is 0.387 e. The summed E-state index contributed by atoms with van der Waals surface area (Å²) in [5, 5.41) is 11.9.